The summed E-state index contributed by atoms with van der Waals surface area (Å²) in [7, 11) is 4.85. The Morgan fingerprint density at radius 3 is 2.36 bits per heavy atom. The van der Waals surface area contributed by atoms with Gasteiger partial charge in [-0.3, -0.25) is 4.79 Å². The maximum Gasteiger partial charge on any atom is 0.305 e. The molecule has 0 bridgehead atoms. The maximum absolute atomic E-state index is 10.3. The van der Waals surface area contributed by atoms with Crippen LogP contribution in [0.5, 0.6) is 0 Å². The van der Waals surface area contributed by atoms with Crippen LogP contribution in [0.2, 0.25) is 6.32 Å². The van der Waals surface area contributed by atoms with Gasteiger partial charge in [-0.05, 0) is 0 Å². The average molecular weight is 154 g/mol. The van der Waals surface area contributed by atoms with Crippen LogP contribution in [0.15, 0.2) is 12.7 Å². The van der Waals surface area contributed by atoms with Crippen LogP contribution in [0.3, 0.4) is 0 Å². The van der Waals surface area contributed by atoms with Crippen LogP contribution in [-0.2, 0) is 9.53 Å². The number of esters is 1. The first-order valence-corrected chi connectivity index (χ1v) is 3.69. The molecular formula is C8H15BO2. The van der Waals surface area contributed by atoms with Crippen molar-refractivity contribution >= 4 is 13.8 Å². The molecule has 0 aromatic carbocycles. The smallest absolute Gasteiger partial charge is 0.305 e. The number of rotatable bonds is 3. The molecule has 3 heteroatoms. The van der Waals surface area contributed by atoms with Crippen LogP contribution >= 0.6 is 0 Å². The van der Waals surface area contributed by atoms with Crippen LogP contribution in [-0.4, -0.2) is 20.4 Å². The van der Waals surface area contributed by atoms with Gasteiger partial charge in [-0.15, -0.1) is 0 Å². The predicted octanol–water partition coefficient (Wildman–Crippen LogP) is 1.72. The van der Waals surface area contributed by atoms with Crippen molar-refractivity contribution in [2.75, 3.05) is 6.61 Å². The summed E-state index contributed by atoms with van der Waals surface area (Å²) in [6, 6.07) is 0. The molecule has 0 aliphatic carbocycles. The first-order chi connectivity index (χ1) is 5.22. The van der Waals surface area contributed by atoms with E-state index >= 15 is 0 Å². The summed E-state index contributed by atoms with van der Waals surface area (Å²) in [5.41, 5.74) is 0. The van der Waals surface area contributed by atoms with Gasteiger partial charge < -0.3 is 4.74 Å². The maximum atomic E-state index is 10.3. The van der Waals surface area contributed by atoms with Crippen molar-refractivity contribution in [2.45, 2.75) is 26.6 Å². The topological polar surface area (TPSA) is 26.3 Å². The molecule has 0 heterocycles. The summed E-state index contributed by atoms with van der Waals surface area (Å²) in [6.45, 7) is 7.37. The predicted molar refractivity (Wildman–Crippen MR) is 47.7 cm³/mol. The summed E-state index contributed by atoms with van der Waals surface area (Å²) in [6.07, 6.45) is 2.74. The summed E-state index contributed by atoms with van der Waals surface area (Å²) in [5, 5.41) is 0. The highest BCUT2D eigenvalue weighted by Crippen LogP contribution is 1.82. The molecule has 0 rings (SSSR count). The van der Waals surface area contributed by atoms with E-state index in [1.54, 1.807) is 13.0 Å². The van der Waals surface area contributed by atoms with Gasteiger partial charge >= 0.3 is 5.97 Å². The third-order valence-corrected chi connectivity index (χ3v) is 0.651. The summed E-state index contributed by atoms with van der Waals surface area (Å²) in [4.78, 5) is 10.3. The molecule has 0 saturated heterocycles. The number of ether oxygens (including phenoxy) is 1. The molecule has 0 aromatic heterocycles. The van der Waals surface area contributed by atoms with E-state index in [0.717, 1.165) is 6.32 Å². The Morgan fingerprint density at radius 2 is 2.09 bits per heavy atom. The quantitative estimate of drug-likeness (QED) is 0.351. The van der Waals surface area contributed by atoms with Crippen molar-refractivity contribution in [1.82, 2.24) is 0 Å². The summed E-state index contributed by atoms with van der Waals surface area (Å²) < 4.78 is 4.58. The van der Waals surface area contributed by atoms with Crippen molar-refractivity contribution in [3.05, 3.63) is 12.7 Å². The molecule has 0 aliphatic heterocycles. The van der Waals surface area contributed by atoms with E-state index in [0.29, 0.717) is 13.0 Å². The lowest BCUT2D eigenvalue weighted by Gasteiger charge is -1.94. The lowest BCUT2D eigenvalue weighted by Crippen LogP contribution is -2.00. The van der Waals surface area contributed by atoms with E-state index in [9.17, 15) is 4.79 Å². The Hall–Kier alpha value is -0.725. The van der Waals surface area contributed by atoms with E-state index in [1.165, 1.54) is 0 Å². The average Bonchev–Trinajstić information content (AvgIpc) is 2.02. The zero-order valence-corrected chi connectivity index (χ0v) is 7.30. The van der Waals surface area contributed by atoms with Gasteiger partial charge in [0, 0.05) is 6.42 Å². The van der Waals surface area contributed by atoms with Crippen LogP contribution in [0.1, 0.15) is 20.3 Å². The van der Waals surface area contributed by atoms with E-state index in [1.807, 2.05) is 6.92 Å². The molecule has 0 saturated carbocycles. The first-order valence-electron chi connectivity index (χ1n) is 3.69. The molecule has 0 spiro atoms. The van der Waals surface area contributed by atoms with Crippen LogP contribution in [0, 0.1) is 0 Å². The van der Waals surface area contributed by atoms with Gasteiger partial charge in [0.1, 0.15) is 6.61 Å². The first kappa shape index (κ1) is 12.9. The zero-order valence-electron chi connectivity index (χ0n) is 7.30. The second-order valence-electron chi connectivity index (χ2n) is 1.73. The minimum Gasteiger partial charge on any atom is -0.461 e. The van der Waals surface area contributed by atoms with Crippen LogP contribution in [0.4, 0.5) is 0 Å². The van der Waals surface area contributed by atoms with Crippen molar-refractivity contribution in [3.8, 4) is 0 Å². The highest BCUT2D eigenvalue weighted by atomic mass is 16.5. The molecular weight excluding hydrogens is 139 g/mol. The highest BCUT2D eigenvalue weighted by Gasteiger charge is 1.92. The molecule has 62 valence electrons. The van der Waals surface area contributed by atoms with Crippen molar-refractivity contribution in [2.24, 2.45) is 0 Å². The van der Waals surface area contributed by atoms with Gasteiger partial charge in [-0.2, -0.15) is 0 Å². The largest absolute Gasteiger partial charge is 0.461 e. The van der Waals surface area contributed by atoms with Crippen LogP contribution < -0.4 is 0 Å². The number of carbonyl (C=O) groups is 1. The molecule has 0 amide bonds. The Bertz CT molecular complexity index is 102. The minimum absolute atomic E-state index is 0.176. The fraction of sp³-hybridized carbons (Fsp3) is 0.625. The number of hydrogen-bond donors (Lipinski definition) is 0. The molecule has 0 unspecified atom stereocenters. The van der Waals surface area contributed by atoms with Gasteiger partial charge in [0.2, 0.25) is 0 Å². The van der Waals surface area contributed by atoms with Gasteiger partial charge in [0.05, 0.1) is 7.85 Å². The summed E-state index contributed by atoms with van der Waals surface area (Å²) in [5.74, 6) is -0.176. The Morgan fingerprint density at radius 1 is 1.64 bits per heavy atom. The normalized spacial score (nSPS) is 7.45. The monoisotopic (exact) mass is 154 g/mol. The standard InChI is InChI=1S/C6H10O2.C2H5B/c1-3-5-8-6(7)4-2;1-2-3/h3H,1,4-5H2,2H3;2H2,1H3. The van der Waals surface area contributed by atoms with Crippen molar-refractivity contribution in [1.29, 1.82) is 0 Å². The SMILES string of the molecule is C=CCOC(=O)CC.[B]CC. The number of hydrogen-bond acceptors (Lipinski definition) is 2. The second-order valence-corrected chi connectivity index (χ2v) is 1.73. The molecule has 0 aromatic rings. The summed E-state index contributed by atoms with van der Waals surface area (Å²) >= 11 is 0. The van der Waals surface area contributed by atoms with E-state index in [4.69, 9.17) is 7.85 Å². The zero-order chi connectivity index (χ0) is 9.11. The van der Waals surface area contributed by atoms with Crippen LogP contribution in [0.25, 0.3) is 0 Å². The van der Waals surface area contributed by atoms with Gasteiger partial charge in [-0.25, -0.2) is 0 Å². The minimum atomic E-state index is -0.176. The molecule has 0 atom stereocenters. The molecule has 0 N–H and O–H groups in total. The van der Waals surface area contributed by atoms with Gasteiger partial charge in [-0.1, -0.05) is 32.8 Å². The fourth-order valence-corrected chi connectivity index (χ4v) is 0.254. The third-order valence-electron chi connectivity index (χ3n) is 0.651. The Kier molecular flexibility index (Phi) is 14.1. The van der Waals surface area contributed by atoms with Crippen molar-refractivity contribution < 1.29 is 9.53 Å². The highest BCUT2D eigenvalue weighted by molar-refractivity contribution is 6.08. The second kappa shape index (κ2) is 12.0. The molecule has 2 radical (unpaired) electrons. The lowest BCUT2D eigenvalue weighted by atomic mass is 10.1. The molecule has 0 aliphatic rings. The fourth-order valence-electron chi connectivity index (χ4n) is 0.254. The molecule has 2 nitrogen and oxygen atoms in total. The van der Waals surface area contributed by atoms with Gasteiger partial charge in [0.15, 0.2) is 0 Å². The molecule has 11 heavy (non-hydrogen) atoms. The molecule has 0 fully saturated rings. The Labute approximate surface area is 70.0 Å². The van der Waals surface area contributed by atoms with Gasteiger partial charge in [0.25, 0.3) is 0 Å². The van der Waals surface area contributed by atoms with E-state index < -0.39 is 0 Å². The van der Waals surface area contributed by atoms with Crippen molar-refractivity contribution in [3.63, 3.8) is 0 Å². The lowest BCUT2D eigenvalue weighted by molar-refractivity contribution is -0.141. The number of carbonyl (C=O) groups excluding carboxylic acids is 1. The third kappa shape index (κ3) is 17.6. The van der Waals surface area contributed by atoms with E-state index in [-0.39, 0.29) is 5.97 Å². The van der Waals surface area contributed by atoms with E-state index in [2.05, 4.69) is 11.3 Å². The Balaban J connectivity index is 0.